The number of nitrogens with one attached hydrogen (secondary N) is 1. The lowest BCUT2D eigenvalue weighted by molar-refractivity contribution is -0.120. The van der Waals surface area contributed by atoms with Crippen LogP contribution in [0.4, 0.5) is 11.4 Å². The van der Waals surface area contributed by atoms with Crippen molar-refractivity contribution in [2.45, 2.75) is 25.7 Å². The van der Waals surface area contributed by atoms with Gasteiger partial charge in [0.15, 0.2) is 0 Å². The molecule has 3 rings (SSSR count). The zero-order valence-electron chi connectivity index (χ0n) is 19.0. The fourth-order valence-electron chi connectivity index (χ4n) is 3.86. The van der Waals surface area contributed by atoms with Crippen LogP contribution in [-0.4, -0.2) is 59.2 Å². The van der Waals surface area contributed by atoms with Crippen molar-refractivity contribution in [3.8, 4) is 0 Å². The highest BCUT2D eigenvalue weighted by Crippen LogP contribution is 2.24. The number of aryl methyl sites for hydroxylation is 1. The Kier molecular flexibility index (Phi) is 8.14. The van der Waals surface area contributed by atoms with Crippen LogP contribution in [0.3, 0.4) is 0 Å². The fraction of sp³-hybridized carbons (Fsp3) is 0.435. The lowest BCUT2D eigenvalue weighted by atomic mass is 9.98. The van der Waals surface area contributed by atoms with Gasteiger partial charge in [0.2, 0.25) is 26.0 Å². The third-order valence-corrected chi connectivity index (χ3v) is 8.96. The van der Waals surface area contributed by atoms with Crippen molar-refractivity contribution in [3.63, 3.8) is 0 Å². The maximum absolute atomic E-state index is 12.9. The summed E-state index contributed by atoms with van der Waals surface area (Å²) in [5, 5.41) is 2.81. The van der Waals surface area contributed by atoms with E-state index in [0.29, 0.717) is 43.6 Å². The van der Waals surface area contributed by atoms with Crippen LogP contribution in [0.2, 0.25) is 0 Å². The van der Waals surface area contributed by atoms with Crippen molar-refractivity contribution in [2.75, 3.05) is 41.8 Å². The largest absolute Gasteiger partial charge is 0.326 e. The van der Waals surface area contributed by atoms with Gasteiger partial charge in [-0.15, -0.1) is 0 Å². The van der Waals surface area contributed by atoms with E-state index in [9.17, 15) is 21.6 Å². The number of piperidine rings is 1. The summed E-state index contributed by atoms with van der Waals surface area (Å²) in [6, 6.07) is 16.3. The molecule has 180 valence electrons. The summed E-state index contributed by atoms with van der Waals surface area (Å²) >= 11 is 0. The minimum Gasteiger partial charge on any atom is -0.326 e. The van der Waals surface area contributed by atoms with Crippen LogP contribution in [0.25, 0.3) is 0 Å². The number of carbonyl (C=O) groups is 1. The van der Waals surface area contributed by atoms with Gasteiger partial charge >= 0.3 is 0 Å². The summed E-state index contributed by atoms with van der Waals surface area (Å²) in [6.45, 7) is 0.578. The molecular weight excluding hydrogens is 462 g/mol. The Bertz CT molecular complexity index is 1170. The highest BCUT2D eigenvalue weighted by Gasteiger charge is 2.32. The molecule has 10 heteroatoms. The molecule has 0 bridgehead atoms. The molecule has 0 spiro atoms. The Morgan fingerprint density at radius 1 is 1.09 bits per heavy atom. The Morgan fingerprint density at radius 2 is 1.82 bits per heavy atom. The number of rotatable bonds is 9. The average molecular weight is 494 g/mol. The van der Waals surface area contributed by atoms with Crippen LogP contribution in [0, 0.1) is 5.92 Å². The summed E-state index contributed by atoms with van der Waals surface area (Å²) in [5.74, 6) is -0.673. The topological polar surface area (TPSA) is 104 Å². The summed E-state index contributed by atoms with van der Waals surface area (Å²) in [5.41, 5.74) is 2.00. The van der Waals surface area contributed by atoms with Gasteiger partial charge in [0, 0.05) is 25.8 Å². The average Bonchev–Trinajstić information content (AvgIpc) is 2.79. The van der Waals surface area contributed by atoms with E-state index in [1.54, 1.807) is 24.3 Å². The van der Waals surface area contributed by atoms with Crippen LogP contribution < -0.4 is 9.62 Å². The predicted octanol–water partition coefficient (Wildman–Crippen LogP) is 2.70. The van der Waals surface area contributed by atoms with Crippen molar-refractivity contribution >= 4 is 37.3 Å². The second kappa shape index (κ2) is 10.7. The van der Waals surface area contributed by atoms with E-state index in [-0.39, 0.29) is 18.2 Å². The Labute approximate surface area is 196 Å². The summed E-state index contributed by atoms with van der Waals surface area (Å²) < 4.78 is 51.8. The van der Waals surface area contributed by atoms with Gasteiger partial charge in [0.1, 0.15) is 0 Å². The maximum Gasteiger partial charge on any atom is 0.231 e. The first-order chi connectivity index (χ1) is 15.6. The van der Waals surface area contributed by atoms with Crippen LogP contribution in [0.15, 0.2) is 54.6 Å². The third-order valence-electron chi connectivity index (χ3n) is 5.83. The smallest absolute Gasteiger partial charge is 0.231 e. The zero-order valence-corrected chi connectivity index (χ0v) is 20.6. The zero-order chi connectivity index (χ0) is 24.1. The normalized spacial score (nSPS) is 17.5. The van der Waals surface area contributed by atoms with Crippen LogP contribution in [0.1, 0.15) is 24.8 Å². The number of benzene rings is 2. The highest BCUT2D eigenvalue weighted by molar-refractivity contribution is 7.92. The van der Waals surface area contributed by atoms with Crippen LogP contribution in [0.5, 0.6) is 0 Å². The second-order valence-electron chi connectivity index (χ2n) is 8.37. The van der Waals surface area contributed by atoms with Crippen molar-refractivity contribution in [3.05, 3.63) is 60.2 Å². The number of hydrogen-bond acceptors (Lipinski definition) is 5. The Hall–Kier alpha value is -2.43. The van der Waals surface area contributed by atoms with Gasteiger partial charge in [-0.2, -0.15) is 0 Å². The highest BCUT2D eigenvalue weighted by atomic mass is 32.2. The summed E-state index contributed by atoms with van der Waals surface area (Å²) in [6.07, 6.45) is 3.54. The molecule has 1 N–H and O–H groups in total. The summed E-state index contributed by atoms with van der Waals surface area (Å²) in [4.78, 5) is 12.9. The van der Waals surface area contributed by atoms with E-state index < -0.39 is 26.0 Å². The minimum atomic E-state index is -3.45. The van der Waals surface area contributed by atoms with Crippen molar-refractivity contribution < 1.29 is 21.6 Å². The van der Waals surface area contributed by atoms with Gasteiger partial charge in [-0.25, -0.2) is 21.1 Å². The molecule has 8 nitrogen and oxygen atoms in total. The molecule has 2 aromatic carbocycles. The molecule has 1 aliphatic heterocycles. The molecule has 1 saturated heterocycles. The SMILES string of the molecule is CN(c1cccc(NC(=O)[C@H]2CCCN(S(=O)(=O)CCCc3ccccc3)C2)c1)S(C)(=O)=O. The molecule has 2 aromatic rings. The molecule has 33 heavy (non-hydrogen) atoms. The van der Waals surface area contributed by atoms with Crippen molar-refractivity contribution in [1.29, 1.82) is 0 Å². The van der Waals surface area contributed by atoms with Crippen molar-refractivity contribution in [2.24, 2.45) is 5.92 Å². The van der Waals surface area contributed by atoms with E-state index in [1.807, 2.05) is 30.3 Å². The number of nitrogens with zero attached hydrogens (tertiary/aromatic N) is 2. The number of amides is 1. The molecule has 0 aliphatic carbocycles. The predicted molar refractivity (Wildman–Crippen MR) is 131 cm³/mol. The Morgan fingerprint density at radius 3 is 2.52 bits per heavy atom. The second-order valence-corrected chi connectivity index (χ2v) is 12.5. The fourth-order valence-corrected chi connectivity index (χ4v) is 5.94. The molecule has 0 aromatic heterocycles. The quantitative estimate of drug-likeness (QED) is 0.578. The summed E-state index contributed by atoms with van der Waals surface area (Å²) in [7, 11) is -5.43. The van der Waals surface area contributed by atoms with Crippen LogP contribution in [-0.2, 0) is 31.3 Å². The lowest BCUT2D eigenvalue weighted by Crippen LogP contribution is -2.44. The van der Waals surface area contributed by atoms with Gasteiger partial charge in [0.05, 0.1) is 23.6 Å². The number of hydrogen-bond donors (Lipinski definition) is 1. The molecule has 1 fully saturated rings. The van der Waals surface area contributed by atoms with E-state index in [0.717, 1.165) is 16.1 Å². The van der Waals surface area contributed by atoms with E-state index in [2.05, 4.69) is 5.32 Å². The molecule has 1 heterocycles. The van der Waals surface area contributed by atoms with Crippen molar-refractivity contribution in [1.82, 2.24) is 4.31 Å². The molecule has 1 amide bonds. The van der Waals surface area contributed by atoms with Gasteiger partial charge in [-0.05, 0) is 49.4 Å². The first-order valence-electron chi connectivity index (χ1n) is 10.9. The number of anilines is 2. The molecule has 1 aliphatic rings. The van der Waals surface area contributed by atoms with Gasteiger partial charge in [0.25, 0.3) is 0 Å². The first kappa shape index (κ1) is 25.2. The van der Waals surface area contributed by atoms with E-state index in [4.69, 9.17) is 0 Å². The van der Waals surface area contributed by atoms with Gasteiger partial charge in [-0.3, -0.25) is 9.10 Å². The molecule has 0 unspecified atom stereocenters. The molecule has 0 radical (unpaired) electrons. The minimum absolute atomic E-state index is 0.0517. The molecule has 0 saturated carbocycles. The maximum atomic E-state index is 12.9. The van der Waals surface area contributed by atoms with Gasteiger partial charge < -0.3 is 5.32 Å². The molecular formula is C23H31N3O5S2. The van der Waals surface area contributed by atoms with E-state index >= 15 is 0 Å². The lowest BCUT2D eigenvalue weighted by Gasteiger charge is -2.31. The third kappa shape index (κ3) is 7.02. The monoisotopic (exact) mass is 493 g/mol. The number of carbonyl (C=O) groups excluding carboxylic acids is 1. The first-order valence-corrected chi connectivity index (χ1v) is 14.4. The standard InChI is InChI=1S/C23H31N3O5S2/c1-25(32(2,28)29)22-14-6-13-21(17-22)24-23(27)20-12-7-15-26(18-20)33(30,31)16-8-11-19-9-4-3-5-10-19/h3-6,9-10,13-14,17,20H,7-8,11-12,15-16,18H2,1-2H3,(H,24,27)/t20-/m0/s1. The number of sulfonamides is 2. The van der Waals surface area contributed by atoms with Gasteiger partial charge in [-0.1, -0.05) is 36.4 Å². The molecule has 1 atom stereocenters. The van der Waals surface area contributed by atoms with Crippen LogP contribution >= 0.6 is 0 Å². The van der Waals surface area contributed by atoms with E-state index in [1.165, 1.54) is 11.4 Å². The Balaban J connectivity index is 1.59.